The maximum atomic E-state index is 12.1. The third kappa shape index (κ3) is 2.45. The molecular formula is C17H15NO4. The first-order valence-corrected chi connectivity index (χ1v) is 6.90. The van der Waals surface area contributed by atoms with Gasteiger partial charge in [0.2, 0.25) is 0 Å². The number of hydrogen-bond acceptors (Lipinski definition) is 5. The van der Waals surface area contributed by atoms with Crippen LogP contribution in [0.2, 0.25) is 0 Å². The molecule has 112 valence electrons. The first-order chi connectivity index (χ1) is 10.4. The zero-order valence-corrected chi connectivity index (χ0v) is 12.5. The molecule has 0 aliphatic carbocycles. The number of aryl methyl sites for hydroxylation is 1. The molecule has 0 atom stereocenters. The minimum absolute atomic E-state index is 0.112. The Labute approximate surface area is 127 Å². The minimum Gasteiger partial charge on any atom is -0.419 e. The lowest BCUT2D eigenvalue weighted by atomic mass is 10.00. The number of nitrogens with zero attached hydrogens (tertiary/aromatic N) is 1. The molecule has 0 radical (unpaired) electrons. The number of aromatic nitrogens is 1. The second kappa shape index (κ2) is 4.94. The van der Waals surface area contributed by atoms with Gasteiger partial charge in [-0.25, -0.2) is 9.59 Å². The molecule has 22 heavy (non-hydrogen) atoms. The third-order valence-electron chi connectivity index (χ3n) is 3.45. The number of pyridine rings is 1. The van der Waals surface area contributed by atoms with E-state index < -0.39 is 17.7 Å². The number of carbonyl (C=O) groups is 2. The zero-order chi connectivity index (χ0) is 15.9. The van der Waals surface area contributed by atoms with Gasteiger partial charge in [-0.1, -0.05) is 12.1 Å². The second-order valence-corrected chi connectivity index (χ2v) is 5.60. The SMILES string of the molecule is Cc1ccc2ncccc2c1C=C1C(=O)OC(C)(C)OC1=O. The number of cyclic esters (lactones) is 2. The van der Waals surface area contributed by atoms with Crippen molar-refractivity contribution in [1.82, 2.24) is 4.98 Å². The number of ether oxygens (including phenoxy) is 2. The van der Waals surface area contributed by atoms with Crippen molar-refractivity contribution < 1.29 is 19.1 Å². The highest BCUT2D eigenvalue weighted by Gasteiger charge is 2.38. The number of esters is 2. The molecule has 5 nitrogen and oxygen atoms in total. The Morgan fingerprint density at radius 3 is 2.45 bits per heavy atom. The molecule has 1 aliphatic heterocycles. The van der Waals surface area contributed by atoms with Gasteiger partial charge < -0.3 is 9.47 Å². The fourth-order valence-corrected chi connectivity index (χ4v) is 2.40. The Kier molecular flexibility index (Phi) is 3.20. The normalized spacial score (nSPS) is 17.1. The van der Waals surface area contributed by atoms with Gasteiger partial charge in [0.25, 0.3) is 5.79 Å². The van der Waals surface area contributed by atoms with E-state index in [0.29, 0.717) is 0 Å². The summed E-state index contributed by atoms with van der Waals surface area (Å²) in [6.45, 7) is 4.95. The fourth-order valence-electron chi connectivity index (χ4n) is 2.40. The summed E-state index contributed by atoms with van der Waals surface area (Å²) in [6.07, 6.45) is 3.21. The first kappa shape index (κ1) is 14.3. The van der Waals surface area contributed by atoms with E-state index in [1.165, 1.54) is 19.9 Å². The standard InChI is InChI=1S/C17H15NO4/c1-10-6-7-14-11(5-4-8-18-14)12(10)9-13-15(19)21-17(2,3)22-16(13)20/h4-9H,1-3H3. The highest BCUT2D eigenvalue weighted by Crippen LogP contribution is 2.27. The van der Waals surface area contributed by atoms with Gasteiger partial charge in [-0.3, -0.25) is 4.98 Å². The molecular weight excluding hydrogens is 282 g/mol. The Morgan fingerprint density at radius 1 is 1.09 bits per heavy atom. The van der Waals surface area contributed by atoms with Crippen LogP contribution in [0.5, 0.6) is 0 Å². The Morgan fingerprint density at radius 2 is 1.77 bits per heavy atom. The minimum atomic E-state index is -1.24. The third-order valence-corrected chi connectivity index (χ3v) is 3.45. The molecule has 0 bridgehead atoms. The van der Waals surface area contributed by atoms with Gasteiger partial charge in [0.15, 0.2) is 0 Å². The van der Waals surface area contributed by atoms with Crippen molar-refractivity contribution in [2.75, 3.05) is 0 Å². The Bertz CT molecular complexity index is 799. The molecule has 0 N–H and O–H groups in total. The Balaban J connectivity index is 2.15. The number of fused-ring (bicyclic) bond motifs is 1. The van der Waals surface area contributed by atoms with E-state index in [0.717, 1.165) is 22.0 Å². The predicted molar refractivity (Wildman–Crippen MR) is 80.7 cm³/mol. The summed E-state index contributed by atoms with van der Waals surface area (Å²) in [5.41, 5.74) is 2.37. The summed E-state index contributed by atoms with van der Waals surface area (Å²) in [4.78, 5) is 28.4. The van der Waals surface area contributed by atoms with Crippen molar-refractivity contribution in [2.45, 2.75) is 26.6 Å². The molecule has 1 aliphatic rings. The molecule has 1 aromatic heterocycles. The number of rotatable bonds is 1. The summed E-state index contributed by atoms with van der Waals surface area (Å²) in [5, 5.41) is 0.862. The van der Waals surface area contributed by atoms with Gasteiger partial charge in [-0.05, 0) is 36.3 Å². The topological polar surface area (TPSA) is 65.5 Å². The summed E-state index contributed by atoms with van der Waals surface area (Å²) < 4.78 is 10.2. The molecule has 2 heterocycles. The van der Waals surface area contributed by atoms with Gasteiger partial charge in [-0.2, -0.15) is 0 Å². The average Bonchev–Trinajstić information content (AvgIpc) is 2.43. The maximum Gasteiger partial charge on any atom is 0.348 e. The number of hydrogen-bond donors (Lipinski definition) is 0. The average molecular weight is 297 g/mol. The van der Waals surface area contributed by atoms with E-state index in [4.69, 9.17) is 9.47 Å². The van der Waals surface area contributed by atoms with E-state index in [2.05, 4.69) is 4.98 Å². The zero-order valence-electron chi connectivity index (χ0n) is 12.5. The molecule has 1 fully saturated rings. The quantitative estimate of drug-likeness (QED) is 0.460. The highest BCUT2D eigenvalue weighted by atomic mass is 16.7. The van der Waals surface area contributed by atoms with Crippen LogP contribution in [-0.2, 0) is 19.1 Å². The van der Waals surface area contributed by atoms with Gasteiger partial charge >= 0.3 is 11.9 Å². The molecule has 0 spiro atoms. The van der Waals surface area contributed by atoms with E-state index in [1.807, 2.05) is 31.2 Å². The fraction of sp³-hybridized carbons (Fsp3) is 0.235. The monoisotopic (exact) mass is 297 g/mol. The number of carbonyl (C=O) groups excluding carboxylic acids is 2. The lowest BCUT2D eigenvalue weighted by Gasteiger charge is -2.29. The van der Waals surface area contributed by atoms with Gasteiger partial charge in [0.1, 0.15) is 5.57 Å². The van der Waals surface area contributed by atoms with Crippen LogP contribution in [0.1, 0.15) is 25.0 Å². The van der Waals surface area contributed by atoms with Crippen LogP contribution in [0, 0.1) is 6.92 Å². The van der Waals surface area contributed by atoms with Crippen LogP contribution >= 0.6 is 0 Å². The van der Waals surface area contributed by atoms with Crippen LogP contribution < -0.4 is 0 Å². The predicted octanol–water partition coefficient (Wildman–Crippen LogP) is 2.76. The lowest BCUT2D eigenvalue weighted by molar-refractivity contribution is -0.222. The molecule has 0 amide bonds. The van der Waals surface area contributed by atoms with Crippen molar-refractivity contribution in [3.63, 3.8) is 0 Å². The smallest absolute Gasteiger partial charge is 0.348 e. The first-order valence-electron chi connectivity index (χ1n) is 6.90. The summed E-state index contributed by atoms with van der Waals surface area (Å²) in [5.74, 6) is -2.59. The molecule has 3 rings (SSSR count). The van der Waals surface area contributed by atoms with Crippen LogP contribution in [0.25, 0.3) is 17.0 Å². The lowest BCUT2D eigenvalue weighted by Crippen LogP contribution is -2.41. The summed E-state index contributed by atoms with van der Waals surface area (Å²) in [6, 6.07) is 7.49. The van der Waals surface area contributed by atoms with Gasteiger partial charge in [0.05, 0.1) is 5.52 Å². The highest BCUT2D eigenvalue weighted by molar-refractivity contribution is 6.19. The molecule has 5 heteroatoms. The van der Waals surface area contributed by atoms with Gasteiger partial charge in [0, 0.05) is 25.4 Å². The second-order valence-electron chi connectivity index (χ2n) is 5.60. The van der Waals surface area contributed by atoms with Crippen LogP contribution in [0.4, 0.5) is 0 Å². The van der Waals surface area contributed by atoms with Crippen molar-refractivity contribution >= 4 is 28.9 Å². The van der Waals surface area contributed by atoms with E-state index >= 15 is 0 Å². The maximum absolute atomic E-state index is 12.1. The largest absolute Gasteiger partial charge is 0.419 e. The Hall–Kier alpha value is -2.69. The van der Waals surface area contributed by atoms with Crippen molar-refractivity contribution in [3.8, 4) is 0 Å². The molecule has 0 saturated carbocycles. The molecule has 1 aromatic carbocycles. The van der Waals surface area contributed by atoms with Gasteiger partial charge in [-0.15, -0.1) is 0 Å². The molecule has 2 aromatic rings. The van der Waals surface area contributed by atoms with Crippen molar-refractivity contribution in [2.24, 2.45) is 0 Å². The van der Waals surface area contributed by atoms with E-state index in [-0.39, 0.29) is 5.57 Å². The van der Waals surface area contributed by atoms with E-state index in [1.54, 1.807) is 6.20 Å². The summed E-state index contributed by atoms with van der Waals surface area (Å²) in [7, 11) is 0. The van der Waals surface area contributed by atoms with Crippen molar-refractivity contribution in [3.05, 3.63) is 47.2 Å². The van der Waals surface area contributed by atoms with Crippen LogP contribution in [0.15, 0.2) is 36.0 Å². The summed E-state index contributed by atoms with van der Waals surface area (Å²) >= 11 is 0. The van der Waals surface area contributed by atoms with E-state index in [9.17, 15) is 9.59 Å². The molecule has 1 saturated heterocycles. The molecule has 0 unspecified atom stereocenters. The van der Waals surface area contributed by atoms with Crippen molar-refractivity contribution in [1.29, 1.82) is 0 Å². The number of benzene rings is 1. The van der Waals surface area contributed by atoms with Crippen LogP contribution in [-0.4, -0.2) is 22.7 Å². The van der Waals surface area contributed by atoms with Crippen LogP contribution in [0.3, 0.4) is 0 Å².